The van der Waals surface area contributed by atoms with Crippen LogP contribution >= 0.6 is 0 Å². The highest BCUT2D eigenvalue weighted by Gasteiger charge is 2.21. The lowest BCUT2D eigenvalue weighted by atomic mass is 10.1. The Morgan fingerprint density at radius 3 is 2.61 bits per heavy atom. The van der Waals surface area contributed by atoms with E-state index in [9.17, 15) is 5.11 Å². The normalized spacial score (nSPS) is 18.0. The summed E-state index contributed by atoms with van der Waals surface area (Å²) in [5, 5.41) is 10.4. The highest BCUT2D eigenvalue weighted by Crippen LogP contribution is 2.28. The summed E-state index contributed by atoms with van der Waals surface area (Å²) in [7, 11) is 1.71. The van der Waals surface area contributed by atoms with Crippen molar-refractivity contribution >= 4 is 5.69 Å². The van der Waals surface area contributed by atoms with E-state index in [1.807, 2.05) is 24.3 Å². The van der Waals surface area contributed by atoms with Gasteiger partial charge in [0.25, 0.3) is 0 Å². The first kappa shape index (κ1) is 19.1. The highest BCUT2D eigenvalue weighted by atomic mass is 16.5. The van der Waals surface area contributed by atoms with Crippen LogP contribution in [0.2, 0.25) is 0 Å². The van der Waals surface area contributed by atoms with Crippen molar-refractivity contribution in [3.8, 4) is 11.5 Å². The molecule has 5 heteroatoms. The lowest BCUT2D eigenvalue weighted by molar-refractivity contribution is 0.0662. The summed E-state index contributed by atoms with van der Waals surface area (Å²) in [5.41, 5.74) is 3.99. The minimum atomic E-state index is -0.480. The average molecular weight is 383 g/mol. The molecule has 1 atom stereocenters. The van der Waals surface area contributed by atoms with E-state index < -0.39 is 6.10 Å². The summed E-state index contributed by atoms with van der Waals surface area (Å²) in [6, 6.07) is 14.5. The first-order valence-electron chi connectivity index (χ1n) is 10.3. The number of piperazine rings is 1. The van der Waals surface area contributed by atoms with Gasteiger partial charge in [-0.3, -0.25) is 4.90 Å². The van der Waals surface area contributed by atoms with Crippen molar-refractivity contribution in [3.63, 3.8) is 0 Å². The number of rotatable bonds is 7. The Morgan fingerprint density at radius 2 is 1.79 bits per heavy atom. The van der Waals surface area contributed by atoms with Crippen LogP contribution < -0.4 is 14.4 Å². The molecule has 0 bridgehead atoms. The van der Waals surface area contributed by atoms with E-state index in [2.05, 4.69) is 28.0 Å². The Morgan fingerprint density at radius 1 is 1.00 bits per heavy atom. The summed E-state index contributed by atoms with van der Waals surface area (Å²) in [4.78, 5) is 4.66. The number of anilines is 1. The van der Waals surface area contributed by atoms with Crippen molar-refractivity contribution in [3.05, 3.63) is 53.6 Å². The quantitative estimate of drug-likeness (QED) is 0.798. The second-order valence-corrected chi connectivity index (χ2v) is 7.71. The van der Waals surface area contributed by atoms with Crippen LogP contribution in [0.4, 0.5) is 5.69 Å². The van der Waals surface area contributed by atoms with E-state index in [0.29, 0.717) is 13.2 Å². The largest absolute Gasteiger partial charge is 0.495 e. The molecule has 0 aromatic heterocycles. The first-order chi connectivity index (χ1) is 13.7. The molecule has 2 aromatic carbocycles. The van der Waals surface area contributed by atoms with E-state index >= 15 is 0 Å². The van der Waals surface area contributed by atoms with Gasteiger partial charge in [0.15, 0.2) is 0 Å². The predicted octanol–water partition coefficient (Wildman–Crippen LogP) is 2.75. The molecule has 1 N–H and O–H groups in total. The molecule has 2 aliphatic rings. The minimum Gasteiger partial charge on any atom is -0.495 e. The fourth-order valence-electron chi connectivity index (χ4n) is 4.24. The van der Waals surface area contributed by atoms with Gasteiger partial charge in [-0.2, -0.15) is 0 Å². The smallest absolute Gasteiger partial charge is 0.142 e. The van der Waals surface area contributed by atoms with Gasteiger partial charge in [-0.25, -0.2) is 0 Å². The SMILES string of the molecule is COc1ccccc1N1CCN(C[C@H](O)COc2ccc3c(c2)CCC3)CC1. The number of para-hydroxylation sites is 2. The Kier molecular flexibility index (Phi) is 6.03. The van der Waals surface area contributed by atoms with Crippen molar-refractivity contribution in [2.75, 3.05) is 51.3 Å². The fraction of sp³-hybridized carbons (Fsp3) is 0.478. The van der Waals surface area contributed by atoms with Crippen LogP contribution in [0.3, 0.4) is 0 Å². The second kappa shape index (κ2) is 8.84. The van der Waals surface area contributed by atoms with Gasteiger partial charge in [0.2, 0.25) is 0 Å². The van der Waals surface area contributed by atoms with Crippen LogP contribution in [0.5, 0.6) is 11.5 Å². The van der Waals surface area contributed by atoms with Crippen molar-refractivity contribution in [2.45, 2.75) is 25.4 Å². The number of nitrogens with zero attached hydrogens (tertiary/aromatic N) is 2. The standard InChI is InChI=1S/C23H30N2O3/c1-27-23-8-3-2-7-22(23)25-13-11-24(12-14-25)16-20(26)17-28-21-10-9-18-5-4-6-19(18)15-21/h2-3,7-10,15,20,26H,4-6,11-14,16-17H2,1H3/t20-/m0/s1. The molecule has 150 valence electrons. The van der Waals surface area contributed by atoms with Gasteiger partial charge in [-0.1, -0.05) is 18.2 Å². The molecule has 1 aliphatic carbocycles. The van der Waals surface area contributed by atoms with Crippen LogP contribution in [0.1, 0.15) is 17.5 Å². The van der Waals surface area contributed by atoms with Crippen LogP contribution in [-0.4, -0.2) is 62.6 Å². The van der Waals surface area contributed by atoms with Gasteiger partial charge in [-0.05, 0) is 54.7 Å². The Bertz CT molecular complexity index is 787. The molecule has 1 heterocycles. The molecule has 1 fully saturated rings. The van der Waals surface area contributed by atoms with Crippen LogP contribution in [0, 0.1) is 0 Å². The number of methoxy groups -OCH3 is 1. The summed E-state index contributed by atoms with van der Waals surface area (Å²) in [6.07, 6.45) is 3.08. The number of aryl methyl sites for hydroxylation is 2. The second-order valence-electron chi connectivity index (χ2n) is 7.71. The molecular formula is C23H30N2O3. The van der Waals surface area contributed by atoms with Gasteiger partial charge in [0, 0.05) is 32.7 Å². The monoisotopic (exact) mass is 382 g/mol. The zero-order chi connectivity index (χ0) is 19.3. The van der Waals surface area contributed by atoms with Gasteiger partial charge >= 0.3 is 0 Å². The van der Waals surface area contributed by atoms with Crippen molar-refractivity contribution in [2.24, 2.45) is 0 Å². The minimum absolute atomic E-state index is 0.339. The molecule has 5 nitrogen and oxygen atoms in total. The van der Waals surface area contributed by atoms with Gasteiger partial charge in [0.1, 0.15) is 24.2 Å². The Hall–Kier alpha value is -2.24. The van der Waals surface area contributed by atoms with Crippen LogP contribution in [-0.2, 0) is 12.8 Å². The molecule has 4 rings (SSSR count). The molecule has 28 heavy (non-hydrogen) atoms. The molecule has 1 aliphatic heterocycles. The molecule has 1 saturated heterocycles. The number of aliphatic hydroxyl groups is 1. The predicted molar refractivity (Wildman–Crippen MR) is 112 cm³/mol. The van der Waals surface area contributed by atoms with Gasteiger partial charge in [0.05, 0.1) is 12.8 Å². The van der Waals surface area contributed by atoms with Crippen LogP contribution in [0.15, 0.2) is 42.5 Å². The maximum atomic E-state index is 10.4. The number of aliphatic hydroxyl groups excluding tert-OH is 1. The van der Waals surface area contributed by atoms with E-state index in [1.165, 1.54) is 24.0 Å². The van der Waals surface area contributed by atoms with Crippen molar-refractivity contribution < 1.29 is 14.6 Å². The third-order valence-electron chi connectivity index (χ3n) is 5.78. The molecule has 2 aromatic rings. The molecule has 0 radical (unpaired) electrons. The van der Waals surface area contributed by atoms with E-state index in [-0.39, 0.29) is 0 Å². The maximum Gasteiger partial charge on any atom is 0.142 e. The molecule has 0 unspecified atom stereocenters. The van der Waals surface area contributed by atoms with Gasteiger partial charge < -0.3 is 19.5 Å². The molecule has 0 amide bonds. The highest BCUT2D eigenvalue weighted by molar-refractivity contribution is 5.58. The topological polar surface area (TPSA) is 45.2 Å². The zero-order valence-corrected chi connectivity index (χ0v) is 16.6. The summed E-state index contributed by atoms with van der Waals surface area (Å²) < 4.78 is 11.3. The fourth-order valence-corrected chi connectivity index (χ4v) is 4.24. The third kappa shape index (κ3) is 4.42. The summed E-state index contributed by atoms with van der Waals surface area (Å²) in [6.45, 7) is 4.69. The molecule has 0 spiro atoms. The number of benzene rings is 2. The molecule has 0 saturated carbocycles. The number of ether oxygens (including phenoxy) is 2. The van der Waals surface area contributed by atoms with E-state index in [0.717, 1.165) is 49.8 Å². The van der Waals surface area contributed by atoms with Crippen molar-refractivity contribution in [1.82, 2.24) is 4.90 Å². The average Bonchev–Trinajstić information content (AvgIpc) is 3.21. The number of β-amino-alcohol motifs (C(OH)–C–C–N with tert-alkyl or cyclic N) is 1. The summed E-state index contributed by atoms with van der Waals surface area (Å²) in [5.74, 6) is 1.79. The Balaban J connectivity index is 1.23. The molecular weight excluding hydrogens is 352 g/mol. The lowest BCUT2D eigenvalue weighted by Crippen LogP contribution is -2.49. The van der Waals surface area contributed by atoms with E-state index in [4.69, 9.17) is 9.47 Å². The number of hydrogen-bond donors (Lipinski definition) is 1. The first-order valence-corrected chi connectivity index (χ1v) is 10.3. The third-order valence-corrected chi connectivity index (χ3v) is 5.78. The van der Waals surface area contributed by atoms with Crippen LogP contribution in [0.25, 0.3) is 0 Å². The van der Waals surface area contributed by atoms with E-state index in [1.54, 1.807) is 7.11 Å². The van der Waals surface area contributed by atoms with Gasteiger partial charge in [-0.15, -0.1) is 0 Å². The number of fused-ring (bicyclic) bond motifs is 1. The summed E-state index contributed by atoms with van der Waals surface area (Å²) >= 11 is 0. The maximum absolute atomic E-state index is 10.4. The Labute approximate surface area is 167 Å². The zero-order valence-electron chi connectivity index (χ0n) is 16.6. The number of hydrogen-bond acceptors (Lipinski definition) is 5. The lowest BCUT2D eigenvalue weighted by Gasteiger charge is -2.37. The van der Waals surface area contributed by atoms with Crippen molar-refractivity contribution in [1.29, 1.82) is 0 Å².